The fraction of sp³-hybridized carbons (Fsp3) is 0.571. The second-order valence-corrected chi connectivity index (χ2v) is 6.91. The van der Waals surface area contributed by atoms with Crippen molar-refractivity contribution in [2.45, 2.75) is 32.9 Å². The zero-order valence-electron chi connectivity index (χ0n) is 19.7. The van der Waals surface area contributed by atoms with Crippen LogP contribution in [0.3, 0.4) is 0 Å². The molecule has 4 N–H and O–H groups in total. The number of ether oxygens (including phenoxy) is 5. The number of quaternary nitrogens is 1. The number of hydrogen-bond acceptors (Lipinski definition) is 10. The lowest BCUT2D eigenvalue weighted by molar-refractivity contribution is -0.689. The predicted octanol–water partition coefficient (Wildman–Crippen LogP) is -1.58. The number of esters is 1. The maximum atomic E-state index is 12.0. The molecule has 0 amide bonds. The number of benzene rings is 1. The first kappa shape index (κ1) is 29.8. The number of carboxylic acids is 2. The van der Waals surface area contributed by atoms with E-state index in [1.54, 1.807) is 24.4 Å². The van der Waals surface area contributed by atoms with Gasteiger partial charge in [-0.05, 0) is 6.92 Å². The monoisotopic (exact) mass is 475 g/mol. The van der Waals surface area contributed by atoms with Crippen LogP contribution in [0, 0.1) is 5.92 Å². The molecule has 1 aromatic carbocycles. The highest BCUT2D eigenvalue weighted by molar-refractivity contribution is 6.26. The van der Waals surface area contributed by atoms with E-state index in [2.05, 4.69) is 0 Å². The molecule has 188 valence electrons. The summed E-state index contributed by atoms with van der Waals surface area (Å²) >= 11 is 0. The van der Waals surface area contributed by atoms with E-state index in [1.807, 2.05) is 13.8 Å². The van der Waals surface area contributed by atoms with Crippen LogP contribution in [0.2, 0.25) is 0 Å². The first-order valence-electron chi connectivity index (χ1n) is 10.1. The number of rotatable bonds is 12. The molecule has 0 heterocycles. The quantitative estimate of drug-likeness (QED) is 0.235. The Morgan fingerprint density at radius 1 is 1.06 bits per heavy atom. The number of aliphatic hydroxyl groups is 1. The van der Waals surface area contributed by atoms with E-state index >= 15 is 0 Å². The first-order valence-corrected chi connectivity index (χ1v) is 10.1. The maximum Gasteiger partial charge on any atom is 0.365 e. The topological polar surface area (TPSA) is 177 Å². The summed E-state index contributed by atoms with van der Waals surface area (Å²) in [4.78, 5) is 30.0. The zero-order valence-corrected chi connectivity index (χ0v) is 19.7. The third-order valence-electron chi connectivity index (χ3n) is 4.19. The normalized spacial score (nSPS) is 12.0. The van der Waals surface area contributed by atoms with Crippen LogP contribution >= 0.6 is 0 Å². The van der Waals surface area contributed by atoms with Crippen LogP contribution in [-0.4, -0.2) is 81.4 Å². The van der Waals surface area contributed by atoms with Crippen LogP contribution in [-0.2, 0) is 19.1 Å². The van der Waals surface area contributed by atoms with Gasteiger partial charge in [-0.25, -0.2) is 9.59 Å². The second kappa shape index (κ2) is 15.5. The molecule has 33 heavy (non-hydrogen) atoms. The smallest absolute Gasteiger partial charge is 0.365 e. The molecule has 1 aromatic rings. The van der Waals surface area contributed by atoms with Gasteiger partial charge in [0, 0.05) is 18.1 Å². The van der Waals surface area contributed by atoms with Gasteiger partial charge in [0.2, 0.25) is 5.75 Å². The van der Waals surface area contributed by atoms with E-state index in [1.165, 1.54) is 21.3 Å². The molecule has 2 atom stereocenters. The molecule has 0 saturated carbocycles. The highest BCUT2D eigenvalue weighted by atomic mass is 16.5. The molecule has 0 aliphatic heterocycles. The predicted molar refractivity (Wildman–Crippen MR) is 112 cm³/mol. The van der Waals surface area contributed by atoms with Gasteiger partial charge in [-0.1, -0.05) is 13.8 Å². The van der Waals surface area contributed by atoms with Gasteiger partial charge >= 0.3 is 11.9 Å². The minimum atomic E-state index is -2.07. The first-order chi connectivity index (χ1) is 15.5. The molecular weight excluding hydrogens is 442 g/mol. The third kappa shape index (κ3) is 10.7. The van der Waals surface area contributed by atoms with Crippen LogP contribution in [0.4, 0.5) is 0 Å². The maximum absolute atomic E-state index is 12.0. The summed E-state index contributed by atoms with van der Waals surface area (Å²) in [6.07, 6.45) is -0.764. The van der Waals surface area contributed by atoms with Gasteiger partial charge in [0.15, 0.2) is 23.5 Å². The lowest BCUT2D eigenvalue weighted by atomic mass is 10.0. The van der Waals surface area contributed by atoms with Gasteiger partial charge < -0.3 is 49.1 Å². The summed E-state index contributed by atoms with van der Waals surface area (Å²) in [6, 6.07) is 2.96. The molecule has 0 spiro atoms. The van der Waals surface area contributed by atoms with Gasteiger partial charge in [0.1, 0.15) is 25.0 Å². The van der Waals surface area contributed by atoms with Crippen molar-refractivity contribution in [3.63, 3.8) is 0 Å². The van der Waals surface area contributed by atoms with Crippen molar-refractivity contribution in [1.29, 1.82) is 0 Å². The number of aliphatic hydroxyl groups excluding tert-OH is 1. The number of carboxylic acid groups (broad SMARTS) is 2. The molecule has 0 bridgehead atoms. The number of methoxy groups -OCH3 is 3. The molecule has 0 aromatic heterocycles. The van der Waals surface area contributed by atoms with Gasteiger partial charge in [-0.3, -0.25) is 0 Å². The van der Waals surface area contributed by atoms with Gasteiger partial charge in [-0.15, -0.1) is 0 Å². The summed E-state index contributed by atoms with van der Waals surface area (Å²) < 4.78 is 26.5. The van der Waals surface area contributed by atoms with Crippen molar-refractivity contribution in [2.75, 3.05) is 41.1 Å². The summed E-state index contributed by atoms with van der Waals surface area (Å²) in [6.45, 7) is 6.36. The summed E-state index contributed by atoms with van der Waals surface area (Å²) in [5.41, 5.74) is 0. The van der Waals surface area contributed by atoms with E-state index in [0.717, 1.165) is 0 Å². The lowest BCUT2D eigenvalue weighted by Gasteiger charge is -2.20. The van der Waals surface area contributed by atoms with Crippen molar-refractivity contribution in [3.05, 3.63) is 12.1 Å². The van der Waals surface area contributed by atoms with E-state index in [0.29, 0.717) is 36.1 Å². The average molecular weight is 475 g/mol. The number of hydrogen-bond donors (Lipinski definition) is 3. The van der Waals surface area contributed by atoms with E-state index < -0.39 is 18.0 Å². The Morgan fingerprint density at radius 2 is 1.58 bits per heavy atom. The summed E-state index contributed by atoms with van der Waals surface area (Å²) in [7, 11) is 4.56. The highest BCUT2D eigenvalue weighted by Crippen LogP contribution is 2.40. The Morgan fingerprint density at radius 3 is 1.94 bits per heavy atom. The molecule has 0 saturated heterocycles. The molecule has 12 heteroatoms. The minimum absolute atomic E-state index is 0.0583. The van der Waals surface area contributed by atoms with Crippen LogP contribution in [0.15, 0.2) is 12.1 Å². The highest BCUT2D eigenvalue weighted by Gasteiger charge is 2.28. The number of carbonyl (C=O) groups is 3. The largest absolute Gasteiger partial charge is 0.539 e. The SMILES string of the molecule is CCOC(=O)C([NH2+]CC(O)COc1cc(OC)c(OC)c(OC)c1)C(C)C.O=C([O-])C(=O)O. The third-order valence-corrected chi connectivity index (χ3v) is 4.19. The van der Waals surface area contributed by atoms with Crippen molar-refractivity contribution in [3.8, 4) is 23.0 Å². The Kier molecular flexibility index (Phi) is 14.0. The number of carbonyl (C=O) groups excluding carboxylic acids is 2. The zero-order chi connectivity index (χ0) is 25.6. The number of nitrogens with two attached hydrogens (primary N) is 1. The lowest BCUT2D eigenvalue weighted by Crippen LogP contribution is -2.95. The fourth-order valence-corrected chi connectivity index (χ4v) is 2.58. The molecular formula is C21H33NO11. The average Bonchev–Trinajstić information content (AvgIpc) is 2.77. The van der Waals surface area contributed by atoms with Gasteiger partial charge in [0.05, 0.1) is 27.9 Å². The molecule has 2 unspecified atom stereocenters. The molecule has 0 fully saturated rings. The van der Waals surface area contributed by atoms with Crippen molar-refractivity contribution in [2.24, 2.45) is 5.92 Å². The van der Waals surface area contributed by atoms with Crippen molar-refractivity contribution >= 4 is 17.9 Å². The minimum Gasteiger partial charge on any atom is -0.539 e. The summed E-state index contributed by atoms with van der Waals surface area (Å²) in [5, 5.41) is 28.3. The molecule has 0 aliphatic carbocycles. The Labute approximate surface area is 192 Å². The molecule has 0 aliphatic rings. The van der Waals surface area contributed by atoms with Crippen molar-refractivity contribution in [1.82, 2.24) is 0 Å². The number of aliphatic carboxylic acids is 2. The van der Waals surface area contributed by atoms with E-state index in [9.17, 15) is 9.90 Å². The van der Waals surface area contributed by atoms with Gasteiger partial charge in [-0.2, -0.15) is 0 Å². The van der Waals surface area contributed by atoms with Crippen LogP contribution in [0.1, 0.15) is 20.8 Å². The van der Waals surface area contributed by atoms with Crippen LogP contribution in [0.25, 0.3) is 0 Å². The molecule has 12 nitrogen and oxygen atoms in total. The Bertz CT molecular complexity index is 730. The van der Waals surface area contributed by atoms with E-state index in [-0.39, 0.29) is 24.5 Å². The molecule has 0 radical (unpaired) electrons. The van der Waals surface area contributed by atoms with Crippen LogP contribution < -0.4 is 29.4 Å². The Hall–Kier alpha value is -3.25. The van der Waals surface area contributed by atoms with Crippen molar-refractivity contribution < 1.29 is 58.7 Å². The standard InChI is InChI=1S/C19H31NO7.C2H2O4/c1-7-26-19(22)17(12(2)3)20-10-13(21)11-27-14-8-15(23-4)18(25-6)16(9-14)24-5;3-1(4)2(5)6/h8-9,12-13,17,20-21H,7,10-11H2,1-6H3;(H,3,4)(H,5,6). The van der Waals surface area contributed by atoms with Crippen LogP contribution in [0.5, 0.6) is 23.0 Å². The fourth-order valence-electron chi connectivity index (χ4n) is 2.58. The second-order valence-electron chi connectivity index (χ2n) is 6.91. The molecule has 1 rings (SSSR count). The summed E-state index contributed by atoms with van der Waals surface area (Å²) in [5.74, 6) is -2.31. The van der Waals surface area contributed by atoms with E-state index in [4.69, 9.17) is 43.5 Å². The Balaban J connectivity index is 0.00000150. The van der Waals surface area contributed by atoms with Gasteiger partial charge in [0.25, 0.3) is 0 Å².